The molecule has 1 saturated carbocycles. The predicted molar refractivity (Wildman–Crippen MR) is 87.0 cm³/mol. The quantitative estimate of drug-likeness (QED) is 0.629. The fourth-order valence-corrected chi connectivity index (χ4v) is 3.31. The Hall–Kier alpha value is -2.26. The fourth-order valence-electron chi connectivity index (χ4n) is 3.31. The zero-order valence-corrected chi connectivity index (χ0v) is 14.0. The van der Waals surface area contributed by atoms with Crippen LogP contribution in [0.3, 0.4) is 0 Å². The molecular weight excluding hydrogens is 328 g/mol. The summed E-state index contributed by atoms with van der Waals surface area (Å²) in [6, 6.07) is -0.566. The number of morpholine rings is 1. The van der Waals surface area contributed by atoms with Crippen LogP contribution >= 0.6 is 0 Å². The van der Waals surface area contributed by atoms with Crippen molar-refractivity contribution in [1.82, 2.24) is 20.2 Å². The standard InChI is InChI=1S/C16H22N4O5/c1-9-17-8-11(14(22)18-9)15(23)19-12-6-10(7-13(12)21)16(24)20-2-4-25-5-3-20/h8,10,12-13,21H,2-7H2,1H3,(H,19,23)(H,17,18,22)/t10-,12-,13-/m0/s1. The zero-order chi connectivity index (χ0) is 18.0. The predicted octanol–water partition coefficient (Wildman–Crippen LogP) is -1.19. The number of ether oxygens (including phenoxy) is 1. The number of nitrogens with one attached hydrogen (secondary N) is 2. The van der Waals surface area contributed by atoms with Crippen molar-refractivity contribution in [3.63, 3.8) is 0 Å². The van der Waals surface area contributed by atoms with Gasteiger partial charge in [0.1, 0.15) is 11.4 Å². The van der Waals surface area contributed by atoms with Gasteiger partial charge in [0.2, 0.25) is 5.91 Å². The first kappa shape index (κ1) is 17.6. The third-order valence-corrected chi connectivity index (χ3v) is 4.69. The number of aliphatic hydroxyl groups is 1. The van der Waals surface area contributed by atoms with E-state index in [1.807, 2.05) is 0 Å². The van der Waals surface area contributed by atoms with E-state index >= 15 is 0 Å². The van der Waals surface area contributed by atoms with Crippen LogP contribution in [0.4, 0.5) is 0 Å². The Morgan fingerprint density at radius 2 is 2.08 bits per heavy atom. The van der Waals surface area contributed by atoms with Crippen LogP contribution < -0.4 is 10.9 Å². The minimum Gasteiger partial charge on any atom is -0.391 e. The van der Waals surface area contributed by atoms with Crippen LogP contribution in [0.2, 0.25) is 0 Å². The second-order valence-corrected chi connectivity index (χ2v) is 6.46. The Kier molecular flexibility index (Phi) is 5.14. The third-order valence-electron chi connectivity index (χ3n) is 4.69. The summed E-state index contributed by atoms with van der Waals surface area (Å²) in [6.45, 7) is 3.75. The van der Waals surface area contributed by atoms with Gasteiger partial charge < -0.3 is 25.0 Å². The first-order chi connectivity index (χ1) is 12.0. The lowest BCUT2D eigenvalue weighted by molar-refractivity contribution is -0.139. The van der Waals surface area contributed by atoms with Crippen molar-refractivity contribution < 1.29 is 19.4 Å². The van der Waals surface area contributed by atoms with E-state index in [0.29, 0.717) is 45.0 Å². The highest BCUT2D eigenvalue weighted by molar-refractivity contribution is 5.93. The molecule has 0 unspecified atom stereocenters. The highest BCUT2D eigenvalue weighted by Gasteiger charge is 2.39. The molecule has 0 spiro atoms. The highest BCUT2D eigenvalue weighted by Crippen LogP contribution is 2.28. The van der Waals surface area contributed by atoms with Gasteiger partial charge in [0.05, 0.1) is 25.4 Å². The Morgan fingerprint density at radius 3 is 2.76 bits per heavy atom. The second-order valence-electron chi connectivity index (χ2n) is 6.46. The van der Waals surface area contributed by atoms with Gasteiger partial charge in [-0.05, 0) is 19.8 Å². The lowest BCUT2D eigenvalue weighted by Crippen LogP contribution is -2.44. The van der Waals surface area contributed by atoms with E-state index in [0.717, 1.165) is 0 Å². The average molecular weight is 350 g/mol. The highest BCUT2D eigenvalue weighted by atomic mass is 16.5. The minimum absolute atomic E-state index is 0.0195. The first-order valence-corrected chi connectivity index (χ1v) is 8.37. The molecule has 3 atom stereocenters. The maximum absolute atomic E-state index is 12.5. The van der Waals surface area contributed by atoms with Crippen molar-refractivity contribution in [2.45, 2.75) is 31.9 Å². The van der Waals surface area contributed by atoms with E-state index in [1.165, 1.54) is 6.20 Å². The van der Waals surface area contributed by atoms with E-state index in [2.05, 4.69) is 15.3 Å². The third kappa shape index (κ3) is 3.88. The van der Waals surface area contributed by atoms with Gasteiger partial charge in [-0.1, -0.05) is 0 Å². The molecule has 0 radical (unpaired) electrons. The van der Waals surface area contributed by atoms with Gasteiger partial charge in [-0.3, -0.25) is 14.4 Å². The molecule has 1 aromatic heterocycles. The molecule has 2 aliphatic rings. The number of aromatic nitrogens is 2. The van der Waals surface area contributed by atoms with E-state index in [9.17, 15) is 19.5 Å². The molecule has 0 aromatic carbocycles. The number of aromatic amines is 1. The molecule has 2 fully saturated rings. The largest absolute Gasteiger partial charge is 0.391 e. The van der Waals surface area contributed by atoms with Gasteiger partial charge in [0, 0.05) is 25.2 Å². The number of hydrogen-bond donors (Lipinski definition) is 3. The first-order valence-electron chi connectivity index (χ1n) is 8.37. The molecule has 1 aromatic rings. The van der Waals surface area contributed by atoms with Gasteiger partial charge in [-0.2, -0.15) is 0 Å². The molecule has 1 saturated heterocycles. The lowest BCUT2D eigenvalue weighted by atomic mass is 10.1. The zero-order valence-electron chi connectivity index (χ0n) is 14.0. The summed E-state index contributed by atoms with van der Waals surface area (Å²) < 4.78 is 5.24. The van der Waals surface area contributed by atoms with Crippen molar-refractivity contribution in [3.05, 3.63) is 27.9 Å². The Labute approximate surface area is 144 Å². The lowest BCUT2D eigenvalue weighted by Gasteiger charge is -2.29. The number of amides is 2. The van der Waals surface area contributed by atoms with Gasteiger partial charge in [0.15, 0.2) is 0 Å². The molecule has 2 amide bonds. The maximum atomic E-state index is 12.5. The van der Waals surface area contributed by atoms with Crippen LogP contribution in [0, 0.1) is 12.8 Å². The number of H-pyrrole nitrogens is 1. The van der Waals surface area contributed by atoms with Crippen LogP contribution in [-0.2, 0) is 9.53 Å². The summed E-state index contributed by atoms with van der Waals surface area (Å²) in [6.07, 6.45) is 1.03. The topological polar surface area (TPSA) is 125 Å². The smallest absolute Gasteiger partial charge is 0.263 e. The minimum atomic E-state index is -0.823. The van der Waals surface area contributed by atoms with E-state index in [4.69, 9.17) is 4.74 Å². The van der Waals surface area contributed by atoms with Gasteiger partial charge in [0.25, 0.3) is 11.5 Å². The van der Waals surface area contributed by atoms with Gasteiger partial charge in [-0.15, -0.1) is 0 Å². The molecule has 3 N–H and O–H groups in total. The second kappa shape index (κ2) is 7.32. The molecule has 9 nitrogen and oxygen atoms in total. The van der Waals surface area contributed by atoms with Crippen LogP contribution in [0.15, 0.2) is 11.0 Å². The van der Waals surface area contributed by atoms with Gasteiger partial charge >= 0.3 is 0 Å². The molecule has 9 heteroatoms. The summed E-state index contributed by atoms with van der Waals surface area (Å²) in [5.41, 5.74) is -0.640. The van der Waals surface area contributed by atoms with Crippen LogP contribution in [-0.4, -0.2) is 70.2 Å². The van der Waals surface area contributed by atoms with Crippen molar-refractivity contribution >= 4 is 11.8 Å². The van der Waals surface area contributed by atoms with Crippen molar-refractivity contribution in [1.29, 1.82) is 0 Å². The molecule has 0 bridgehead atoms. The number of nitrogens with zero attached hydrogens (tertiary/aromatic N) is 2. The Balaban J connectivity index is 1.62. The molecule has 2 heterocycles. The molecular formula is C16H22N4O5. The normalized spacial score (nSPS) is 26.5. The molecule has 3 rings (SSSR count). The van der Waals surface area contributed by atoms with Crippen molar-refractivity contribution in [2.24, 2.45) is 5.92 Å². The van der Waals surface area contributed by atoms with E-state index < -0.39 is 23.6 Å². The fraction of sp³-hybridized carbons (Fsp3) is 0.625. The Morgan fingerprint density at radius 1 is 1.36 bits per heavy atom. The van der Waals surface area contributed by atoms with Crippen molar-refractivity contribution in [3.8, 4) is 0 Å². The number of carbonyl (C=O) groups excluding carboxylic acids is 2. The van der Waals surface area contributed by atoms with E-state index in [1.54, 1.807) is 11.8 Å². The molecule has 1 aliphatic carbocycles. The molecule has 136 valence electrons. The number of rotatable bonds is 3. The number of hydrogen-bond acceptors (Lipinski definition) is 6. The number of carbonyl (C=O) groups is 2. The maximum Gasteiger partial charge on any atom is 0.263 e. The SMILES string of the molecule is Cc1ncc(C(=O)N[C@H]2C[C@H](C(=O)N3CCOCC3)C[C@@H]2O)c(=O)[nH]1. The van der Waals surface area contributed by atoms with Gasteiger partial charge in [-0.25, -0.2) is 4.98 Å². The number of aliphatic hydroxyl groups excluding tert-OH is 1. The van der Waals surface area contributed by atoms with E-state index in [-0.39, 0.29) is 17.4 Å². The van der Waals surface area contributed by atoms with Crippen LogP contribution in [0.5, 0.6) is 0 Å². The van der Waals surface area contributed by atoms with Crippen LogP contribution in [0.1, 0.15) is 29.0 Å². The van der Waals surface area contributed by atoms with Crippen molar-refractivity contribution in [2.75, 3.05) is 26.3 Å². The molecule has 1 aliphatic heterocycles. The summed E-state index contributed by atoms with van der Waals surface area (Å²) in [4.78, 5) is 44.7. The average Bonchev–Trinajstić information content (AvgIpc) is 2.95. The monoisotopic (exact) mass is 350 g/mol. The molecule has 25 heavy (non-hydrogen) atoms. The summed E-state index contributed by atoms with van der Waals surface area (Å²) in [5.74, 6) is -0.544. The summed E-state index contributed by atoms with van der Waals surface area (Å²) in [5, 5.41) is 12.9. The Bertz CT molecular complexity index is 713. The van der Waals surface area contributed by atoms with Crippen LogP contribution in [0.25, 0.3) is 0 Å². The summed E-state index contributed by atoms with van der Waals surface area (Å²) >= 11 is 0. The number of aryl methyl sites for hydroxylation is 1. The summed E-state index contributed by atoms with van der Waals surface area (Å²) in [7, 11) is 0.